The maximum Gasteiger partial charge on any atom is 1.00 e. The van der Waals surface area contributed by atoms with Crippen LogP contribution in [0, 0.1) is 0 Å². The number of carboxylic acid groups (broad SMARTS) is 2. The monoisotopic (exact) mass is 457 g/mol. The molecule has 0 heterocycles. The number of hydrogen-bond donors (Lipinski definition) is 1. The topological polar surface area (TPSA) is 92.3 Å². The van der Waals surface area contributed by atoms with Gasteiger partial charge >= 0.3 is 59.1 Å². The Morgan fingerprint density at radius 3 is 1.23 bits per heavy atom. The molecule has 1 N–H and O–H groups in total. The van der Waals surface area contributed by atoms with Gasteiger partial charge in [-0.25, -0.2) is 0 Å². The van der Waals surface area contributed by atoms with Crippen molar-refractivity contribution in [3.8, 4) is 0 Å². The second-order valence-corrected chi connectivity index (χ2v) is 8.41. The Labute approximate surface area is 235 Å². The summed E-state index contributed by atoms with van der Waals surface area (Å²) in [5, 5.41) is 24.0. The van der Waals surface area contributed by atoms with Crippen LogP contribution >= 0.6 is 0 Å². The molecule has 1 atom stereocenters. The van der Waals surface area contributed by atoms with Gasteiger partial charge in [-0.05, 0) is 13.0 Å². The van der Waals surface area contributed by atoms with Crippen LogP contribution < -0.4 is 74.6 Å². The van der Waals surface area contributed by atoms with Crippen molar-refractivity contribution in [2.24, 2.45) is 0 Å². The van der Waals surface area contributed by atoms with E-state index in [2.05, 4.69) is 12.2 Å². The van der Waals surface area contributed by atoms with Crippen LogP contribution in [0.15, 0.2) is 0 Å². The van der Waals surface area contributed by atoms with Gasteiger partial charge in [0.2, 0.25) is 0 Å². The minimum atomic E-state index is -1.38. The van der Waals surface area contributed by atoms with Crippen molar-refractivity contribution in [3.05, 3.63) is 0 Å². The van der Waals surface area contributed by atoms with Gasteiger partial charge in [0.15, 0.2) is 0 Å². The Bertz CT molecular complexity index is 398. The van der Waals surface area contributed by atoms with Gasteiger partial charge in [-0.15, -0.1) is 0 Å². The third-order valence-electron chi connectivity index (χ3n) is 5.58. The van der Waals surface area contributed by atoms with Crippen LogP contribution in [0.25, 0.3) is 0 Å². The Balaban J connectivity index is -0.00000392. The second kappa shape index (κ2) is 28.9. The van der Waals surface area contributed by atoms with Gasteiger partial charge in [-0.3, -0.25) is 0 Å². The van der Waals surface area contributed by atoms with E-state index in [9.17, 15) is 19.8 Å². The number of hydrogen-bond acceptors (Lipinski definition) is 5. The molecule has 5 nitrogen and oxygen atoms in total. The summed E-state index contributed by atoms with van der Waals surface area (Å²) in [6.07, 6.45) is 23.0. The van der Waals surface area contributed by atoms with Crippen molar-refractivity contribution in [2.75, 3.05) is 6.54 Å². The minimum absolute atomic E-state index is 0. The van der Waals surface area contributed by atoms with E-state index in [1.54, 1.807) is 0 Å². The maximum absolute atomic E-state index is 10.8. The Hall–Kier alpha value is 0.900. The molecule has 7 heteroatoms. The molecule has 0 fully saturated rings. The van der Waals surface area contributed by atoms with Crippen molar-refractivity contribution in [2.45, 2.75) is 135 Å². The zero-order valence-electron chi connectivity index (χ0n) is 20.9. The molecular weight excluding hydrogens is 412 g/mol. The second-order valence-electron chi connectivity index (χ2n) is 8.41. The third kappa shape index (κ3) is 28.9. The van der Waals surface area contributed by atoms with Crippen molar-refractivity contribution >= 4 is 11.9 Å². The smallest absolute Gasteiger partial charge is 0.550 e. The average molecular weight is 458 g/mol. The van der Waals surface area contributed by atoms with Crippen LogP contribution in [0.1, 0.15) is 129 Å². The molecule has 0 aliphatic heterocycles. The van der Waals surface area contributed by atoms with E-state index >= 15 is 0 Å². The molecular formula is C24H45NNa2O4. The predicted molar refractivity (Wildman–Crippen MR) is 115 cm³/mol. The summed E-state index contributed by atoms with van der Waals surface area (Å²) < 4.78 is 0. The first-order chi connectivity index (χ1) is 14.1. The molecule has 0 aromatic carbocycles. The summed E-state index contributed by atoms with van der Waals surface area (Å²) >= 11 is 0. The van der Waals surface area contributed by atoms with Gasteiger partial charge < -0.3 is 25.1 Å². The van der Waals surface area contributed by atoms with Gasteiger partial charge in [-0.2, -0.15) is 0 Å². The van der Waals surface area contributed by atoms with Gasteiger partial charge in [0.1, 0.15) is 0 Å². The summed E-state index contributed by atoms with van der Waals surface area (Å²) in [7, 11) is 0. The molecule has 0 aromatic heterocycles. The fraction of sp³-hybridized carbons (Fsp3) is 0.917. The quantitative estimate of drug-likeness (QED) is 0.140. The van der Waals surface area contributed by atoms with Crippen molar-refractivity contribution in [1.29, 1.82) is 0 Å². The molecule has 0 rings (SSSR count). The molecule has 31 heavy (non-hydrogen) atoms. The van der Waals surface area contributed by atoms with E-state index in [1.807, 2.05) is 0 Å². The van der Waals surface area contributed by atoms with Crippen LogP contribution in [0.4, 0.5) is 0 Å². The molecule has 0 amide bonds. The first kappa shape index (κ1) is 36.5. The van der Waals surface area contributed by atoms with E-state index in [0.717, 1.165) is 19.3 Å². The molecule has 0 bridgehead atoms. The zero-order chi connectivity index (χ0) is 21.6. The van der Waals surface area contributed by atoms with Gasteiger partial charge in [0.25, 0.3) is 0 Å². The number of carbonyl (C=O) groups is 2. The fourth-order valence-electron chi connectivity index (χ4n) is 3.71. The van der Waals surface area contributed by atoms with Crippen LogP contribution in [0.5, 0.6) is 0 Å². The molecule has 0 spiro atoms. The summed E-state index contributed by atoms with van der Waals surface area (Å²) in [4.78, 5) is 21.3. The number of nitrogens with one attached hydrogen (secondary N) is 1. The molecule has 0 aliphatic carbocycles. The molecule has 0 radical (unpaired) electrons. The maximum atomic E-state index is 10.8. The van der Waals surface area contributed by atoms with Crippen molar-refractivity contribution in [1.82, 2.24) is 5.32 Å². The Morgan fingerprint density at radius 2 is 0.935 bits per heavy atom. The first-order valence-corrected chi connectivity index (χ1v) is 12.2. The van der Waals surface area contributed by atoms with Crippen LogP contribution in [0.2, 0.25) is 0 Å². The van der Waals surface area contributed by atoms with E-state index < -0.39 is 24.4 Å². The van der Waals surface area contributed by atoms with Gasteiger partial charge in [0.05, 0.1) is 12.0 Å². The fourth-order valence-corrected chi connectivity index (χ4v) is 3.71. The van der Waals surface area contributed by atoms with Gasteiger partial charge in [-0.1, -0.05) is 116 Å². The van der Waals surface area contributed by atoms with Crippen molar-refractivity contribution in [3.63, 3.8) is 0 Å². The largest absolute Gasteiger partial charge is 1.00 e. The van der Waals surface area contributed by atoms with E-state index in [1.165, 1.54) is 96.3 Å². The van der Waals surface area contributed by atoms with Gasteiger partial charge in [0, 0.05) is 12.4 Å². The zero-order valence-corrected chi connectivity index (χ0v) is 24.9. The van der Waals surface area contributed by atoms with E-state index in [0.29, 0.717) is 6.54 Å². The standard InChI is InChI=1S/C24H47NO4.2Na/c1-2-3-4-5-6-7-8-9-10-11-12-13-14-15-16-17-18-19-20-25-22(24(28)29)21-23(26)27;;/h22,25H,2-21H2,1H3,(H,26,27)(H,28,29);;/q;2*+1/p-2/t22-;;/m0../s1. The SMILES string of the molecule is CCCCCCCCCCCCCCCCCCCCN[C@@H](CC(=O)[O-])C(=O)[O-].[Na+].[Na+]. The minimum Gasteiger partial charge on any atom is -0.550 e. The molecule has 0 saturated heterocycles. The van der Waals surface area contributed by atoms with Crippen LogP contribution in [-0.4, -0.2) is 24.5 Å². The summed E-state index contributed by atoms with van der Waals surface area (Å²) in [6.45, 7) is 2.77. The molecule has 172 valence electrons. The Kier molecular flexibility index (Phi) is 34.0. The van der Waals surface area contributed by atoms with E-state index in [-0.39, 0.29) is 59.1 Å². The number of rotatable bonds is 23. The number of carboxylic acids is 2. The van der Waals surface area contributed by atoms with Crippen LogP contribution in [-0.2, 0) is 9.59 Å². The summed E-state index contributed by atoms with van der Waals surface area (Å²) in [5.41, 5.74) is 0. The first-order valence-electron chi connectivity index (χ1n) is 12.2. The summed E-state index contributed by atoms with van der Waals surface area (Å²) in [6, 6.07) is -1.15. The Morgan fingerprint density at radius 1 is 0.613 bits per heavy atom. The number of aliphatic carboxylic acids is 2. The van der Waals surface area contributed by atoms with Crippen molar-refractivity contribution < 1.29 is 78.9 Å². The predicted octanol–water partition coefficient (Wildman–Crippen LogP) is -2.12. The molecule has 0 aromatic rings. The molecule has 0 unspecified atom stereocenters. The van der Waals surface area contributed by atoms with E-state index in [4.69, 9.17) is 0 Å². The average Bonchev–Trinajstić information content (AvgIpc) is 2.68. The number of unbranched alkanes of at least 4 members (excludes halogenated alkanes) is 17. The summed E-state index contributed by atoms with van der Waals surface area (Å²) in [5.74, 6) is -2.75. The van der Waals surface area contributed by atoms with Crippen LogP contribution in [0.3, 0.4) is 0 Å². The molecule has 0 aliphatic rings. The molecule has 0 saturated carbocycles. The normalized spacial score (nSPS) is 11.4. The number of carbonyl (C=O) groups excluding carboxylic acids is 2. The third-order valence-corrected chi connectivity index (χ3v) is 5.58.